The van der Waals surface area contributed by atoms with E-state index in [-0.39, 0.29) is 6.61 Å². The highest BCUT2D eigenvalue weighted by Gasteiger charge is 2.59. The lowest BCUT2D eigenvalue weighted by molar-refractivity contribution is -0.0641. The Morgan fingerprint density at radius 3 is 2.43 bits per heavy atom. The van der Waals surface area contributed by atoms with E-state index in [0.29, 0.717) is 23.5 Å². The third-order valence-corrected chi connectivity index (χ3v) is 12.0. The van der Waals surface area contributed by atoms with Crippen LogP contribution >= 0.6 is 0 Å². The largest absolute Gasteiger partial charge is 0.378 e. The average Bonchev–Trinajstić information content (AvgIpc) is 3.17. The minimum absolute atomic E-state index is 0.261. The summed E-state index contributed by atoms with van der Waals surface area (Å²) in [6.45, 7) is 13.6. The maximum Gasteiger partial charge on any atom is 0.264 e. The summed E-state index contributed by atoms with van der Waals surface area (Å²) in [4.78, 5) is 0. The van der Waals surface area contributed by atoms with Gasteiger partial charge in [0.15, 0.2) is 0 Å². The van der Waals surface area contributed by atoms with Gasteiger partial charge in [0.05, 0.1) is 19.0 Å². The third kappa shape index (κ3) is 6.68. The smallest absolute Gasteiger partial charge is 0.264 e. The quantitative estimate of drug-likeness (QED) is 0.143. The van der Waals surface area contributed by atoms with Crippen LogP contribution in [0.1, 0.15) is 118 Å². The standard InChI is InChI=1S/C32H56O4S/c1-23(2)10-9-11-24(3)28-14-15-29-27-13-12-25-22-26(35-20-7-8-21-36-37(6,33)34)16-18-31(25,4)30(27)17-19-32(28,29)5/h12,23-24,26-30H,7-11,13-22H2,1-6H3/t24?,26-,27?,28?,29?,30?,31-,32+/m0/s1. The molecule has 4 nitrogen and oxygen atoms in total. The normalized spacial score (nSPS) is 38.6. The Morgan fingerprint density at radius 2 is 1.70 bits per heavy atom. The van der Waals surface area contributed by atoms with Crippen LogP contribution in [-0.4, -0.2) is 34.0 Å². The van der Waals surface area contributed by atoms with Crippen molar-refractivity contribution in [3.63, 3.8) is 0 Å². The minimum atomic E-state index is -3.33. The monoisotopic (exact) mass is 536 g/mol. The van der Waals surface area contributed by atoms with Gasteiger partial charge in [0, 0.05) is 6.61 Å². The zero-order chi connectivity index (χ0) is 26.8. The van der Waals surface area contributed by atoms with Gasteiger partial charge in [-0.1, -0.05) is 65.5 Å². The van der Waals surface area contributed by atoms with E-state index in [1.54, 1.807) is 5.57 Å². The van der Waals surface area contributed by atoms with E-state index in [1.807, 2.05) is 0 Å². The zero-order valence-corrected chi connectivity index (χ0v) is 25.6. The molecular formula is C32H56O4S. The first-order chi connectivity index (χ1) is 17.4. The van der Waals surface area contributed by atoms with E-state index in [1.165, 1.54) is 57.8 Å². The van der Waals surface area contributed by atoms with Gasteiger partial charge in [-0.15, -0.1) is 0 Å². The molecule has 5 unspecified atom stereocenters. The molecule has 5 heteroatoms. The number of unbranched alkanes of at least 4 members (excludes halogenated alkanes) is 1. The fourth-order valence-electron chi connectivity index (χ4n) is 9.46. The number of hydrogen-bond donors (Lipinski definition) is 0. The van der Waals surface area contributed by atoms with Gasteiger partial charge in [0.2, 0.25) is 0 Å². The van der Waals surface area contributed by atoms with E-state index in [0.717, 1.165) is 67.4 Å². The molecule has 4 rings (SSSR count). The summed E-state index contributed by atoms with van der Waals surface area (Å²) in [6.07, 6.45) is 20.5. The molecule has 4 aliphatic carbocycles. The second-order valence-corrected chi connectivity index (χ2v) is 15.9. The van der Waals surface area contributed by atoms with Crippen molar-refractivity contribution >= 4 is 10.1 Å². The molecule has 8 atom stereocenters. The molecule has 0 aromatic heterocycles. The lowest BCUT2D eigenvalue weighted by atomic mass is 9.47. The van der Waals surface area contributed by atoms with Crippen molar-refractivity contribution in [2.75, 3.05) is 19.5 Å². The van der Waals surface area contributed by atoms with Crippen LogP contribution in [0.4, 0.5) is 0 Å². The van der Waals surface area contributed by atoms with E-state index in [2.05, 4.69) is 40.7 Å². The van der Waals surface area contributed by atoms with Gasteiger partial charge < -0.3 is 4.74 Å². The van der Waals surface area contributed by atoms with Crippen LogP contribution in [0.2, 0.25) is 0 Å². The van der Waals surface area contributed by atoms with Crippen molar-refractivity contribution in [1.82, 2.24) is 0 Å². The Morgan fingerprint density at radius 1 is 0.946 bits per heavy atom. The fourth-order valence-corrected chi connectivity index (χ4v) is 9.88. The van der Waals surface area contributed by atoms with Gasteiger partial charge in [0.25, 0.3) is 10.1 Å². The SMILES string of the molecule is CC(C)CCCC(C)C1CCC2C3CC=C4C[C@@H](OCCCCOS(C)(=O)=O)CC[C@]4(C)C3CC[C@]12C. The summed E-state index contributed by atoms with van der Waals surface area (Å²) in [5.74, 6) is 5.29. The minimum Gasteiger partial charge on any atom is -0.378 e. The van der Waals surface area contributed by atoms with Gasteiger partial charge in [-0.3, -0.25) is 4.18 Å². The van der Waals surface area contributed by atoms with Crippen LogP contribution in [0, 0.1) is 46.3 Å². The molecule has 3 saturated carbocycles. The van der Waals surface area contributed by atoms with Crippen LogP contribution in [0.3, 0.4) is 0 Å². The second kappa shape index (κ2) is 12.0. The molecular weight excluding hydrogens is 480 g/mol. The van der Waals surface area contributed by atoms with Gasteiger partial charge in [0.1, 0.15) is 0 Å². The van der Waals surface area contributed by atoms with Crippen LogP contribution in [0.5, 0.6) is 0 Å². The predicted molar refractivity (Wildman–Crippen MR) is 153 cm³/mol. The highest BCUT2D eigenvalue weighted by molar-refractivity contribution is 7.85. The van der Waals surface area contributed by atoms with Crippen molar-refractivity contribution in [2.45, 2.75) is 124 Å². The van der Waals surface area contributed by atoms with Gasteiger partial charge in [-0.05, 0) is 111 Å². The summed E-state index contributed by atoms with van der Waals surface area (Å²) >= 11 is 0. The van der Waals surface area contributed by atoms with Crippen molar-refractivity contribution in [3.8, 4) is 0 Å². The number of fused-ring (bicyclic) bond motifs is 5. The summed E-state index contributed by atoms with van der Waals surface area (Å²) in [5, 5.41) is 0. The average molecular weight is 537 g/mol. The molecule has 37 heavy (non-hydrogen) atoms. The Hall–Kier alpha value is -0.390. The molecule has 0 heterocycles. The van der Waals surface area contributed by atoms with Gasteiger partial charge >= 0.3 is 0 Å². The van der Waals surface area contributed by atoms with Crippen molar-refractivity contribution in [2.24, 2.45) is 46.3 Å². The van der Waals surface area contributed by atoms with E-state index in [4.69, 9.17) is 8.92 Å². The molecule has 4 aliphatic rings. The van der Waals surface area contributed by atoms with Gasteiger partial charge in [-0.25, -0.2) is 0 Å². The number of hydrogen-bond acceptors (Lipinski definition) is 4. The molecule has 214 valence electrons. The predicted octanol–water partition coefficient (Wildman–Crippen LogP) is 8.17. The lowest BCUT2D eigenvalue weighted by Gasteiger charge is -2.58. The first kappa shape index (κ1) is 29.6. The van der Waals surface area contributed by atoms with Gasteiger partial charge in [-0.2, -0.15) is 8.42 Å². The molecule has 0 aromatic carbocycles. The summed E-state index contributed by atoms with van der Waals surface area (Å²) in [7, 11) is -3.33. The van der Waals surface area contributed by atoms with Crippen molar-refractivity contribution < 1.29 is 17.3 Å². The highest BCUT2D eigenvalue weighted by Crippen LogP contribution is 2.67. The highest BCUT2D eigenvalue weighted by atomic mass is 32.2. The van der Waals surface area contributed by atoms with Crippen LogP contribution < -0.4 is 0 Å². The molecule has 0 aromatic rings. The van der Waals surface area contributed by atoms with Crippen LogP contribution in [-0.2, 0) is 19.0 Å². The molecule has 0 spiro atoms. The van der Waals surface area contributed by atoms with Crippen LogP contribution in [0.15, 0.2) is 11.6 Å². The Balaban J connectivity index is 1.31. The molecule has 0 amide bonds. The topological polar surface area (TPSA) is 52.6 Å². The third-order valence-electron chi connectivity index (χ3n) is 11.4. The Labute approximate surface area is 228 Å². The van der Waals surface area contributed by atoms with Crippen molar-refractivity contribution in [1.29, 1.82) is 0 Å². The van der Waals surface area contributed by atoms with Crippen molar-refractivity contribution in [3.05, 3.63) is 11.6 Å². The first-order valence-electron chi connectivity index (χ1n) is 15.6. The van der Waals surface area contributed by atoms with E-state index < -0.39 is 10.1 Å². The second-order valence-electron chi connectivity index (χ2n) is 14.3. The Kier molecular flexibility index (Phi) is 9.60. The molecule has 0 saturated heterocycles. The Bertz CT molecular complexity index is 894. The molecule has 0 aliphatic heterocycles. The number of allylic oxidation sites excluding steroid dienone is 1. The molecule has 0 N–H and O–H groups in total. The lowest BCUT2D eigenvalue weighted by Crippen LogP contribution is -2.51. The number of rotatable bonds is 12. The summed E-state index contributed by atoms with van der Waals surface area (Å²) in [5.41, 5.74) is 2.61. The summed E-state index contributed by atoms with van der Waals surface area (Å²) in [6, 6.07) is 0. The van der Waals surface area contributed by atoms with E-state index >= 15 is 0 Å². The van der Waals surface area contributed by atoms with E-state index in [9.17, 15) is 8.42 Å². The van der Waals surface area contributed by atoms with Crippen LogP contribution in [0.25, 0.3) is 0 Å². The first-order valence-corrected chi connectivity index (χ1v) is 17.4. The maximum absolute atomic E-state index is 11.1. The molecule has 0 bridgehead atoms. The molecule has 3 fully saturated rings. The maximum atomic E-state index is 11.1. The molecule has 0 radical (unpaired) electrons. The summed E-state index contributed by atoms with van der Waals surface area (Å²) < 4.78 is 33.3. The number of ether oxygens (including phenoxy) is 1. The zero-order valence-electron chi connectivity index (χ0n) is 24.8. The fraction of sp³-hybridized carbons (Fsp3) is 0.938.